The molecule has 4 N–H and O–H groups in total. The number of carbonyl (C=O) groups is 1. The lowest BCUT2D eigenvalue weighted by atomic mass is 10.0. The van der Waals surface area contributed by atoms with E-state index in [1.54, 1.807) is 0 Å². The molecule has 2 saturated heterocycles. The molecule has 2 fully saturated rings. The van der Waals surface area contributed by atoms with E-state index < -0.39 is 33.0 Å². The number of nitrogens with one attached hydrogen (secondary N) is 1. The quantitative estimate of drug-likeness (QED) is 0.298. The molecule has 0 aliphatic carbocycles. The molecule has 0 bridgehead atoms. The Labute approximate surface area is 238 Å². The van der Waals surface area contributed by atoms with E-state index in [1.807, 2.05) is 0 Å². The van der Waals surface area contributed by atoms with Crippen LogP contribution in [0.4, 0.5) is 20.5 Å². The molecule has 2 aromatic rings. The van der Waals surface area contributed by atoms with Crippen LogP contribution in [0, 0.1) is 11.6 Å². The number of nitrogen functional groups attached to an aromatic ring is 1. The average molecular weight is 598 g/mol. The number of piperazine rings is 1. The van der Waals surface area contributed by atoms with Gasteiger partial charge in [-0.25, -0.2) is 26.5 Å². The van der Waals surface area contributed by atoms with Crippen LogP contribution in [0.1, 0.15) is 35.2 Å². The van der Waals surface area contributed by atoms with E-state index in [2.05, 4.69) is 25.1 Å². The van der Waals surface area contributed by atoms with Gasteiger partial charge in [0.05, 0.1) is 25.0 Å². The summed E-state index contributed by atoms with van der Waals surface area (Å²) in [6.45, 7) is 5.74. The second-order valence-electron chi connectivity index (χ2n) is 10.2. The Morgan fingerprint density at radius 2 is 1.78 bits per heavy atom. The molecule has 0 radical (unpaired) electrons. The number of rotatable bonds is 12. The number of β-amino-alcohol motifs (C(OH)–C–C–N with tert-alkyl or cyclic N) is 1. The normalized spacial score (nSPS) is 18.0. The van der Waals surface area contributed by atoms with Crippen molar-refractivity contribution < 1.29 is 31.8 Å². The molecule has 1 aromatic carbocycles. The van der Waals surface area contributed by atoms with Crippen LogP contribution in [-0.2, 0) is 10.0 Å². The molecule has 41 heavy (non-hydrogen) atoms. The number of benzene rings is 1. The summed E-state index contributed by atoms with van der Waals surface area (Å²) in [5, 5.41) is 12.2. The SMILES string of the molecule is COc1ccc(F)c(F)c1C(=O)c1cnc(NC2CCN(S(=O)(=O)CCCN3CCN(CCO)CC3)CC2)nc1N. The molecule has 226 valence electrons. The van der Waals surface area contributed by atoms with Crippen LogP contribution >= 0.6 is 0 Å². The Morgan fingerprint density at radius 3 is 2.39 bits per heavy atom. The van der Waals surface area contributed by atoms with Crippen molar-refractivity contribution in [1.29, 1.82) is 0 Å². The molecule has 0 spiro atoms. The summed E-state index contributed by atoms with van der Waals surface area (Å²) in [4.78, 5) is 25.6. The maximum Gasteiger partial charge on any atom is 0.224 e. The van der Waals surface area contributed by atoms with Gasteiger partial charge in [-0.15, -0.1) is 0 Å². The first-order valence-corrected chi connectivity index (χ1v) is 15.2. The number of halogens is 2. The van der Waals surface area contributed by atoms with Gasteiger partial charge < -0.3 is 25.8 Å². The van der Waals surface area contributed by atoms with Gasteiger partial charge >= 0.3 is 0 Å². The van der Waals surface area contributed by atoms with Gasteiger partial charge in [-0.05, 0) is 37.9 Å². The van der Waals surface area contributed by atoms with Crippen LogP contribution in [0.15, 0.2) is 18.3 Å². The minimum Gasteiger partial charge on any atom is -0.496 e. The minimum absolute atomic E-state index is 0.0911. The van der Waals surface area contributed by atoms with E-state index in [1.165, 1.54) is 11.4 Å². The summed E-state index contributed by atoms with van der Waals surface area (Å²) in [6, 6.07) is 1.89. The average Bonchev–Trinajstić information content (AvgIpc) is 2.95. The second-order valence-corrected chi connectivity index (χ2v) is 12.2. The summed E-state index contributed by atoms with van der Waals surface area (Å²) in [5.41, 5.74) is 5.17. The van der Waals surface area contributed by atoms with Crippen molar-refractivity contribution in [3.8, 4) is 5.75 Å². The summed E-state index contributed by atoms with van der Waals surface area (Å²) < 4.78 is 60.5. The number of nitrogens with two attached hydrogens (primary N) is 1. The zero-order valence-electron chi connectivity index (χ0n) is 23.1. The van der Waals surface area contributed by atoms with E-state index in [0.29, 0.717) is 38.9 Å². The third-order valence-electron chi connectivity index (χ3n) is 7.50. The number of carbonyl (C=O) groups excluding carboxylic acids is 1. The maximum absolute atomic E-state index is 14.4. The van der Waals surface area contributed by atoms with Gasteiger partial charge in [-0.2, -0.15) is 4.98 Å². The van der Waals surface area contributed by atoms with Gasteiger partial charge in [0.2, 0.25) is 21.8 Å². The van der Waals surface area contributed by atoms with E-state index in [9.17, 15) is 22.0 Å². The topological polar surface area (TPSA) is 154 Å². The molecule has 15 heteroatoms. The van der Waals surface area contributed by atoms with Crippen LogP contribution in [0.3, 0.4) is 0 Å². The number of anilines is 2. The molecule has 4 rings (SSSR count). The van der Waals surface area contributed by atoms with Crippen molar-refractivity contribution in [3.63, 3.8) is 0 Å². The number of ether oxygens (including phenoxy) is 1. The van der Waals surface area contributed by atoms with E-state index in [-0.39, 0.29) is 41.5 Å². The highest BCUT2D eigenvalue weighted by Crippen LogP contribution is 2.28. The third kappa shape index (κ3) is 7.65. The Balaban J connectivity index is 1.26. The summed E-state index contributed by atoms with van der Waals surface area (Å²) in [5.74, 6) is -3.59. The number of aromatic nitrogens is 2. The van der Waals surface area contributed by atoms with Gasteiger partial charge in [0, 0.05) is 58.1 Å². The van der Waals surface area contributed by atoms with Crippen LogP contribution in [0.2, 0.25) is 0 Å². The number of aliphatic hydroxyl groups excluding tert-OH is 1. The predicted octanol–water partition coefficient (Wildman–Crippen LogP) is 0.783. The van der Waals surface area contributed by atoms with Gasteiger partial charge in [-0.3, -0.25) is 9.69 Å². The van der Waals surface area contributed by atoms with Crippen molar-refractivity contribution in [3.05, 3.63) is 41.1 Å². The molecule has 12 nitrogen and oxygen atoms in total. The van der Waals surface area contributed by atoms with Crippen LogP contribution in [-0.4, -0.2) is 121 Å². The van der Waals surface area contributed by atoms with Crippen molar-refractivity contribution in [2.75, 3.05) is 82.9 Å². The highest BCUT2D eigenvalue weighted by atomic mass is 32.2. The molecule has 3 heterocycles. The lowest BCUT2D eigenvalue weighted by Crippen LogP contribution is -2.48. The first-order valence-electron chi connectivity index (χ1n) is 13.6. The molecule has 2 aliphatic heterocycles. The van der Waals surface area contributed by atoms with Crippen molar-refractivity contribution in [2.45, 2.75) is 25.3 Å². The Hall–Kier alpha value is -2.98. The smallest absolute Gasteiger partial charge is 0.224 e. The number of hydrogen-bond donors (Lipinski definition) is 3. The first kappa shape index (κ1) is 31.0. The minimum atomic E-state index is -3.38. The van der Waals surface area contributed by atoms with Gasteiger partial charge in [0.15, 0.2) is 11.6 Å². The zero-order valence-corrected chi connectivity index (χ0v) is 23.9. The fourth-order valence-corrected chi connectivity index (χ4v) is 6.65. The molecule has 1 aromatic heterocycles. The van der Waals surface area contributed by atoms with E-state index >= 15 is 0 Å². The fraction of sp³-hybridized carbons (Fsp3) is 0.577. The molecule has 0 unspecified atom stereocenters. The number of hydrogen-bond acceptors (Lipinski definition) is 11. The maximum atomic E-state index is 14.4. The Kier molecular flexibility index (Phi) is 10.4. The molecule has 2 aliphatic rings. The second kappa shape index (κ2) is 13.8. The van der Waals surface area contributed by atoms with Crippen LogP contribution in [0.5, 0.6) is 5.75 Å². The van der Waals surface area contributed by atoms with Gasteiger partial charge in [-0.1, -0.05) is 0 Å². The fourth-order valence-electron chi connectivity index (χ4n) is 5.13. The molecular weight excluding hydrogens is 560 g/mol. The third-order valence-corrected chi connectivity index (χ3v) is 9.46. The number of sulfonamides is 1. The highest BCUT2D eigenvalue weighted by molar-refractivity contribution is 7.89. The number of aliphatic hydroxyl groups is 1. The van der Waals surface area contributed by atoms with Gasteiger partial charge in [0.25, 0.3) is 0 Å². The van der Waals surface area contributed by atoms with Crippen molar-refractivity contribution >= 4 is 27.6 Å². The molecule has 0 atom stereocenters. The molecular formula is C26H37F2N7O5S. The highest BCUT2D eigenvalue weighted by Gasteiger charge is 2.29. The van der Waals surface area contributed by atoms with Gasteiger partial charge in [0.1, 0.15) is 17.1 Å². The zero-order chi connectivity index (χ0) is 29.6. The van der Waals surface area contributed by atoms with Crippen molar-refractivity contribution in [1.82, 2.24) is 24.1 Å². The summed E-state index contributed by atoms with van der Waals surface area (Å²) >= 11 is 0. The van der Waals surface area contributed by atoms with E-state index in [0.717, 1.165) is 51.1 Å². The van der Waals surface area contributed by atoms with E-state index in [4.69, 9.17) is 15.6 Å². The number of methoxy groups -OCH3 is 1. The monoisotopic (exact) mass is 597 g/mol. The number of ketones is 1. The molecule has 0 amide bonds. The van der Waals surface area contributed by atoms with Crippen LogP contribution in [0.25, 0.3) is 0 Å². The Bertz CT molecular complexity index is 1320. The largest absolute Gasteiger partial charge is 0.496 e. The Morgan fingerprint density at radius 1 is 1.12 bits per heavy atom. The summed E-state index contributed by atoms with van der Waals surface area (Å²) in [6.07, 6.45) is 2.76. The van der Waals surface area contributed by atoms with Crippen molar-refractivity contribution in [2.24, 2.45) is 0 Å². The van der Waals surface area contributed by atoms with Crippen LogP contribution < -0.4 is 15.8 Å². The number of nitrogens with zero attached hydrogens (tertiary/aromatic N) is 5. The molecule has 0 saturated carbocycles. The lowest BCUT2D eigenvalue weighted by Gasteiger charge is -2.34. The number of piperidine rings is 1. The standard InChI is InChI=1S/C26H37F2N7O5S/c1-40-21-4-3-20(27)23(28)22(21)24(37)19-17-30-26(32-25(19)29)31-18-5-8-35(9-6-18)41(38,39)16-2-7-33-10-12-34(13-11-33)14-15-36/h3-4,17-18,36H,2,5-16H2,1H3,(H3,29,30,31,32). The predicted molar refractivity (Wildman–Crippen MR) is 149 cm³/mol. The first-order chi connectivity index (χ1) is 19.6. The summed E-state index contributed by atoms with van der Waals surface area (Å²) in [7, 11) is -2.15. The lowest BCUT2D eigenvalue weighted by molar-refractivity contribution is 0.103.